The molecule has 110 valence electrons. The van der Waals surface area contributed by atoms with E-state index in [0.717, 1.165) is 5.75 Å². The quantitative estimate of drug-likeness (QED) is 0.681. The number of ether oxygens (including phenoxy) is 1. The maximum absolute atomic E-state index is 10.7. The summed E-state index contributed by atoms with van der Waals surface area (Å²) in [6, 6.07) is 9.42. The van der Waals surface area contributed by atoms with Crippen molar-refractivity contribution in [3.8, 4) is 5.75 Å². The monoisotopic (exact) mass is 278 g/mol. The number of carboxylic acid groups (broad SMARTS) is 1. The Balaban J connectivity index is 2.48. The predicted molar refractivity (Wildman–Crippen MR) is 77.8 cm³/mol. The Bertz CT molecular complexity index is 425. The lowest BCUT2D eigenvalue weighted by atomic mass is 10.0. The molecule has 1 rings (SSSR count). The van der Waals surface area contributed by atoms with Crippen molar-refractivity contribution in [3.63, 3.8) is 0 Å². The van der Waals surface area contributed by atoms with E-state index in [1.165, 1.54) is 0 Å². The van der Waals surface area contributed by atoms with E-state index < -0.39 is 12.1 Å². The fourth-order valence-corrected chi connectivity index (χ4v) is 1.95. The zero-order chi connectivity index (χ0) is 15.0. The molecule has 0 amide bonds. The van der Waals surface area contributed by atoms with Crippen molar-refractivity contribution in [1.82, 2.24) is 0 Å². The highest BCUT2D eigenvalue weighted by molar-refractivity contribution is 5.85. The van der Waals surface area contributed by atoms with Gasteiger partial charge in [-0.15, -0.1) is 0 Å². The van der Waals surface area contributed by atoms with E-state index in [1.807, 2.05) is 30.3 Å². The summed E-state index contributed by atoms with van der Waals surface area (Å²) in [5, 5.41) is 18.3. The molecule has 2 unspecified atom stereocenters. The van der Waals surface area contributed by atoms with E-state index >= 15 is 0 Å². The Morgan fingerprint density at radius 3 is 2.55 bits per heavy atom. The number of hydrogen-bond donors (Lipinski definition) is 2. The molecule has 0 fully saturated rings. The van der Waals surface area contributed by atoms with Gasteiger partial charge < -0.3 is 14.9 Å². The Morgan fingerprint density at radius 1 is 1.35 bits per heavy atom. The number of aliphatic hydroxyl groups excluding tert-OH is 1. The SMILES string of the molecule is C=C(CCCC(CC(C)O)Oc1ccccc1)C(=O)O. The lowest BCUT2D eigenvalue weighted by molar-refractivity contribution is -0.132. The van der Waals surface area contributed by atoms with Gasteiger partial charge in [0.05, 0.1) is 6.10 Å². The third kappa shape index (κ3) is 6.38. The summed E-state index contributed by atoms with van der Waals surface area (Å²) in [7, 11) is 0. The van der Waals surface area contributed by atoms with Gasteiger partial charge in [-0.25, -0.2) is 4.79 Å². The Hall–Kier alpha value is -1.81. The third-order valence-electron chi connectivity index (χ3n) is 2.96. The molecule has 0 bridgehead atoms. The smallest absolute Gasteiger partial charge is 0.330 e. The number of para-hydroxylation sites is 1. The second kappa shape index (κ2) is 8.38. The summed E-state index contributed by atoms with van der Waals surface area (Å²) < 4.78 is 5.83. The first-order valence-electron chi connectivity index (χ1n) is 6.80. The highest BCUT2D eigenvalue weighted by Gasteiger charge is 2.14. The lowest BCUT2D eigenvalue weighted by Gasteiger charge is -2.20. The van der Waals surface area contributed by atoms with Gasteiger partial charge in [-0.1, -0.05) is 24.8 Å². The molecule has 0 heterocycles. The molecule has 0 saturated heterocycles. The van der Waals surface area contributed by atoms with Gasteiger partial charge in [-0.05, 0) is 38.3 Å². The van der Waals surface area contributed by atoms with Gasteiger partial charge in [0, 0.05) is 12.0 Å². The Morgan fingerprint density at radius 2 is 2.00 bits per heavy atom. The normalized spacial score (nSPS) is 13.5. The minimum atomic E-state index is -0.957. The van der Waals surface area contributed by atoms with Crippen molar-refractivity contribution in [1.29, 1.82) is 0 Å². The van der Waals surface area contributed by atoms with Crippen LogP contribution >= 0.6 is 0 Å². The van der Waals surface area contributed by atoms with Crippen molar-refractivity contribution < 1.29 is 19.7 Å². The highest BCUT2D eigenvalue weighted by Crippen LogP contribution is 2.18. The van der Waals surface area contributed by atoms with E-state index in [0.29, 0.717) is 25.7 Å². The van der Waals surface area contributed by atoms with Gasteiger partial charge in [-0.2, -0.15) is 0 Å². The second-order valence-electron chi connectivity index (χ2n) is 4.94. The lowest BCUT2D eigenvalue weighted by Crippen LogP contribution is -2.22. The topological polar surface area (TPSA) is 66.8 Å². The molecule has 1 aromatic rings. The van der Waals surface area contributed by atoms with Gasteiger partial charge in [0.2, 0.25) is 0 Å². The molecule has 0 aliphatic rings. The molecule has 2 atom stereocenters. The molecule has 4 heteroatoms. The largest absolute Gasteiger partial charge is 0.490 e. The molecule has 0 aliphatic heterocycles. The number of aliphatic hydroxyl groups is 1. The zero-order valence-electron chi connectivity index (χ0n) is 11.8. The summed E-state index contributed by atoms with van der Waals surface area (Å²) in [5.41, 5.74) is 0.209. The summed E-state index contributed by atoms with van der Waals surface area (Å²) >= 11 is 0. The highest BCUT2D eigenvalue weighted by atomic mass is 16.5. The molecule has 0 aliphatic carbocycles. The number of carboxylic acids is 1. The van der Waals surface area contributed by atoms with Crippen LogP contribution in [0.15, 0.2) is 42.5 Å². The number of benzene rings is 1. The van der Waals surface area contributed by atoms with Crippen molar-refractivity contribution in [3.05, 3.63) is 42.5 Å². The van der Waals surface area contributed by atoms with Gasteiger partial charge in [-0.3, -0.25) is 0 Å². The van der Waals surface area contributed by atoms with Gasteiger partial charge >= 0.3 is 5.97 Å². The number of aliphatic carboxylic acids is 1. The molecule has 2 N–H and O–H groups in total. The van der Waals surface area contributed by atoms with E-state index in [1.54, 1.807) is 6.92 Å². The number of rotatable bonds is 9. The van der Waals surface area contributed by atoms with Crippen molar-refractivity contribution >= 4 is 5.97 Å². The molecule has 20 heavy (non-hydrogen) atoms. The van der Waals surface area contributed by atoms with E-state index in [4.69, 9.17) is 9.84 Å². The van der Waals surface area contributed by atoms with Crippen LogP contribution < -0.4 is 4.74 Å². The van der Waals surface area contributed by atoms with E-state index in [-0.39, 0.29) is 11.7 Å². The van der Waals surface area contributed by atoms with Crippen LogP contribution in [0.2, 0.25) is 0 Å². The molecule has 0 spiro atoms. The summed E-state index contributed by atoms with van der Waals surface area (Å²) in [6.07, 6.45) is 1.74. The third-order valence-corrected chi connectivity index (χ3v) is 2.96. The van der Waals surface area contributed by atoms with Gasteiger partial charge in [0.1, 0.15) is 11.9 Å². The first-order valence-corrected chi connectivity index (χ1v) is 6.80. The predicted octanol–water partition coefficient (Wildman–Crippen LogP) is 3.02. The average molecular weight is 278 g/mol. The number of carbonyl (C=O) groups is 1. The van der Waals surface area contributed by atoms with Crippen LogP contribution in [0.1, 0.15) is 32.6 Å². The van der Waals surface area contributed by atoms with Crippen molar-refractivity contribution in [2.45, 2.75) is 44.8 Å². The molecular formula is C16H22O4. The maximum atomic E-state index is 10.7. The number of hydrogen-bond acceptors (Lipinski definition) is 3. The molecule has 1 aromatic carbocycles. The van der Waals surface area contributed by atoms with E-state index in [2.05, 4.69) is 6.58 Å². The van der Waals surface area contributed by atoms with Crippen LogP contribution in [-0.4, -0.2) is 28.4 Å². The van der Waals surface area contributed by atoms with Crippen LogP contribution in [0.3, 0.4) is 0 Å². The van der Waals surface area contributed by atoms with Crippen molar-refractivity contribution in [2.75, 3.05) is 0 Å². The summed E-state index contributed by atoms with van der Waals surface area (Å²) in [4.78, 5) is 10.7. The summed E-state index contributed by atoms with van der Waals surface area (Å²) in [5.74, 6) is -0.198. The second-order valence-corrected chi connectivity index (χ2v) is 4.94. The maximum Gasteiger partial charge on any atom is 0.330 e. The molecule has 0 saturated carbocycles. The Labute approximate surface area is 119 Å². The van der Waals surface area contributed by atoms with Crippen LogP contribution in [0.25, 0.3) is 0 Å². The van der Waals surface area contributed by atoms with Crippen LogP contribution in [-0.2, 0) is 4.79 Å². The van der Waals surface area contributed by atoms with E-state index in [9.17, 15) is 9.90 Å². The molecule has 0 aromatic heterocycles. The molecule has 0 radical (unpaired) electrons. The van der Waals surface area contributed by atoms with Crippen LogP contribution in [0.4, 0.5) is 0 Å². The average Bonchev–Trinajstić information content (AvgIpc) is 2.38. The van der Waals surface area contributed by atoms with Gasteiger partial charge in [0.25, 0.3) is 0 Å². The Kier molecular flexibility index (Phi) is 6.81. The first kappa shape index (κ1) is 16.2. The summed E-state index contributed by atoms with van der Waals surface area (Å²) in [6.45, 7) is 5.23. The minimum absolute atomic E-state index is 0.126. The van der Waals surface area contributed by atoms with Crippen LogP contribution in [0.5, 0.6) is 5.75 Å². The minimum Gasteiger partial charge on any atom is -0.490 e. The van der Waals surface area contributed by atoms with Crippen molar-refractivity contribution in [2.24, 2.45) is 0 Å². The zero-order valence-corrected chi connectivity index (χ0v) is 11.8. The molecule has 4 nitrogen and oxygen atoms in total. The standard InChI is InChI=1S/C16H22O4/c1-12(16(18)19)7-6-10-15(11-13(2)17)20-14-8-4-3-5-9-14/h3-5,8-9,13,15,17H,1,6-7,10-11H2,2H3,(H,18,19). The fraction of sp³-hybridized carbons (Fsp3) is 0.438. The van der Waals surface area contributed by atoms with Gasteiger partial charge in [0.15, 0.2) is 0 Å². The molecular weight excluding hydrogens is 256 g/mol. The van der Waals surface area contributed by atoms with Crippen LogP contribution in [0, 0.1) is 0 Å². The fourth-order valence-electron chi connectivity index (χ4n) is 1.95. The first-order chi connectivity index (χ1) is 9.49.